The molecule has 0 bridgehead atoms. The van der Waals surface area contributed by atoms with Gasteiger partial charge >= 0.3 is 0 Å². The number of hydrogen-bond donors (Lipinski definition) is 1. The lowest BCUT2D eigenvalue weighted by molar-refractivity contribution is 0.102. The van der Waals surface area contributed by atoms with Crippen LogP contribution in [0.25, 0.3) is 10.2 Å². The van der Waals surface area contributed by atoms with Crippen LogP contribution in [0.1, 0.15) is 22.8 Å². The van der Waals surface area contributed by atoms with Crippen molar-refractivity contribution in [1.82, 2.24) is 9.29 Å². The number of halogens is 1. The van der Waals surface area contributed by atoms with Crippen LogP contribution < -0.4 is 5.32 Å². The summed E-state index contributed by atoms with van der Waals surface area (Å²) in [6, 6.07) is 21.1. The normalized spacial score (nSPS) is 11.7. The van der Waals surface area contributed by atoms with Crippen LogP contribution in [0.5, 0.6) is 0 Å². The molecule has 1 heterocycles. The molecule has 0 spiro atoms. The Morgan fingerprint density at radius 2 is 1.75 bits per heavy atom. The molecule has 1 amide bonds. The summed E-state index contributed by atoms with van der Waals surface area (Å²) in [7, 11) is -3.69. The van der Waals surface area contributed by atoms with Crippen LogP contribution in [0.2, 0.25) is 0 Å². The lowest BCUT2D eigenvalue weighted by atomic mass is 10.2. The molecule has 6 nitrogen and oxygen atoms in total. The van der Waals surface area contributed by atoms with E-state index in [2.05, 4.69) is 26.2 Å². The maximum absolute atomic E-state index is 13.1. The number of fused-ring (bicyclic) bond motifs is 1. The van der Waals surface area contributed by atoms with Crippen LogP contribution in [0, 0.1) is 0 Å². The fourth-order valence-electron chi connectivity index (χ4n) is 3.22. The molecular weight excluding hydrogens is 510 g/mol. The Hall–Kier alpha value is -2.59. The summed E-state index contributed by atoms with van der Waals surface area (Å²) in [5.74, 6) is -0.347. The average Bonchev–Trinajstić information content (AvgIpc) is 3.22. The quantitative estimate of drug-likeness (QED) is 0.341. The van der Waals surface area contributed by atoms with Crippen molar-refractivity contribution in [3.8, 4) is 0 Å². The first-order valence-electron chi connectivity index (χ1n) is 9.89. The van der Waals surface area contributed by atoms with Crippen molar-refractivity contribution >= 4 is 58.5 Å². The Morgan fingerprint density at radius 1 is 1.03 bits per heavy atom. The fraction of sp³-hybridized carbons (Fsp3) is 0.130. The van der Waals surface area contributed by atoms with E-state index in [1.54, 1.807) is 6.92 Å². The van der Waals surface area contributed by atoms with E-state index >= 15 is 0 Å². The van der Waals surface area contributed by atoms with Gasteiger partial charge in [-0.25, -0.2) is 13.4 Å². The highest BCUT2D eigenvalue weighted by Gasteiger charge is 2.23. The second kappa shape index (κ2) is 9.50. The standard InChI is InChI=1S/C23H20BrN3O3S2/c1-2-27(15-16-7-4-3-5-8-16)32(29,30)18-13-11-17(12-14-18)22(28)26-23-25-21-19(24)9-6-10-20(21)31-23/h3-14H,2,15H2,1H3,(H,25,26,28). The number of thiazole rings is 1. The van der Waals surface area contributed by atoms with Crippen molar-refractivity contribution in [3.63, 3.8) is 0 Å². The molecule has 164 valence electrons. The third-order valence-electron chi connectivity index (χ3n) is 4.90. The van der Waals surface area contributed by atoms with Gasteiger partial charge in [0.1, 0.15) is 0 Å². The molecule has 0 radical (unpaired) electrons. The molecule has 32 heavy (non-hydrogen) atoms. The van der Waals surface area contributed by atoms with E-state index in [1.807, 2.05) is 48.5 Å². The van der Waals surface area contributed by atoms with Gasteiger partial charge in [0.25, 0.3) is 5.91 Å². The molecule has 0 aliphatic rings. The van der Waals surface area contributed by atoms with Crippen molar-refractivity contribution in [3.05, 3.63) is 88.4 Å². The second-order valence-corrected chi connectivity index (χ2v) is 10.8. The van der Waals surface area contributed by atoms with Gasteiger partial charge in [0.15, 0.2) is 5.13 Å². The number of aromatic nitrogens is 1. The summed E-state index contributed by atoms with van der Waals surface area (Å²) in [5.41, 5.74) is 2.05. The van der Waals surface area contributed by atoms with E-state index in [0.717, 1.165) is 20.3 Å². The summed E-state index contributed by atoms with van der Waals surface area (Å²) in [6.45, 7) is 2.43. The summed E-state index contributed by atoms with van der Waals surface area (Å²) in [4.78, 5) is 17.2. The van der Waals surface area contributed by atoms with Gasteiger partial charge in [0, 0.05) is 23.1 Å². The zero-order chi connectivity index (χ0) is 22.7. The van der Waals surface area contributed by atoms with Gasteiger partial charge in [-0.2, -0.15) is 4.31 Å². The molecule has 0 fully saturated rings. The lowest BCUT2D eigenvalue weighted by Gasteiger charge is -2.20. The molecule has 0 saturated carbocycles. The van der Waals surface area contributed by atoms with Gasteiger partial charge in [0.2, 0.25) is 10.0 Å². The number of anilines is 1. The molecule has 9 heteroatoms. The highest BCUT2D eigenvalue weighted by molar-refractivity contribution is 9.10. The Balaban J connectivity index is 1.50. The number of carbonyl (C=O) groups is 1. The molecule has 4 aromatic rings. The van der Waals surface area contributed by atoms with E-state index in [9.17, 15) is 13.2 Å². The minimum Gasteiger partial charge on any atom is -0.298 e. The van der Waals surface area contributed by atoms with Gasteiger partial charge in [-0.05, 0) is 57.9 Å². The summed E-state index contributed by atoms with van der Waals surface area (Å²) in [5, 5.41) is 3.27. The molecule has 1 aromatic heterocycles. The second-order valence-electron chi connectivity index (χ2n) is 7.00. The first kappa shape index (κ1) is 22.6. The number of hydrogen-bond acceptors (Lipinski definition) is 5. The lowest BCUT2D eigenvalue weighted by Crippen LogP contribution is -2.30. The number of sulfonamides is 1. The Bertz CT molecular complexity index is 1350. The van der Waals surface area contributed by atoms with Gasteiger partial charge in [-0.15, -0.1) is 0 Å². The number of rotatable bonds is 7. The van der Waals surface area contributed by atoms with Crippen molar-refractivity contribution in [2.75, 3.05) is 11.9 Å². The van der Waals surface area contributed by atoms with Crippen LogP contribution in [0.4, 0.5) is 5.13 Å². The molecule has 0 aliphatic heterocycles. The van der Waals surface area contributed by atoms with Gasteiger partial charge < -0.3 is 0 Å². The van der Waals surface area contributed by atoms with Crippen molar-refractivity contribution < 1.29 is 13.2 Å². The molecule has 3 aromatic carbocycles. The fourth-order valence-corrected chi connectivity index (χ4v) is 6.13. The number of nitrogens with one attached hydrogen (secondary N) is 1. The monoisotopic (exact) mass is 529 g/mol. The topological polar surface area (TPSA) is 79.4 Å². The first-order valence-corrected chi connectivity index (χ1v) is 12.9. The van der Waals surface area contributed by atoms with E-state index in [4.69, 9.17) is 0 Å². The van der Waals surface area contributed by atoms with Crippen molar-refractivity contribution in [2.45, 2.75) is 18.4 Å². The van der Waals surface area contributed by atoms with Gasteiger partial charge in [-0.3, -0.25) is 10.1 Å². The number of benzene rings is 3. The predicted octanol–water partition coefficient (Wildman–Crippen LogP) is 5.52. The molecule has 0 atom stereocenters. The summed E-state index contributed by atoms with van der Waals surface area (Å²) < 4.78 is 29.4. The molecule has 4 rings (SSSR count). The summed E-state index contributed by atoms with van der Waals surface area (Å²) in [6.07, 6.45) is 0. The maximum Gasteiger partial charge on any atom is 0.257 e. The largest absolute Gasteiger partial charge is 0.298 e. The van der Waals surface area contributed by atoms with Crippen molar-refractivity contribution in [2.24, 2.45) is 0 Å². The molecule has 1 N–H and O–H groups in total. The SMILES string of the molecule is CCN(Cc1ccccc1)S(=O)(=O)c1ccc(C(=O)Nc2nc3c(Br)cccc3s2)cc1. The van der Waals surface area contributed by atoms with Crippen LogP contribution in [0.15, 0.2) is 82.2 Å². The Kier molecular flexibility index (Phi) is 6.71. The minimum absolute atomic E-state index is 0.149. The van der Waals surface area contributed by atoms with E-state index in [0.29, 0.717) is 17.2 Å². The van der Waals surface area contributed by atoms with E-state index in [-0.39, 0.29) is 17.3 Å². The minimum atomic E-state index is -3.69. The highest BCUT2D eigenvalue weighted by atomic mass is 79.9. The Morgan fingerprint density at radius 3 is 2.41 bits per heavy atom. The number of amides is 1. The number of carbonyl (C=O) groups excluding carboxylic acids is 1. The third-order valence-corrected chi connectivity index (χ3v) is 8.41. The smallest absolute Gasteiger partial charge is 0.257 e. The molecule has 0 unspecified atom stereocenters. The molecule has 0 aliphatic carbocycles. The van der Waals surface area contributed by atoms with Gasteiger partial charge in [0.05, 0.1) is 15.1 Å². The highest BCUT2D eigenvalue weighted by Crippen LogP contribution is 2.31. The van der Waals surface area contributed by atoms with Crippen LogP contribution in [-0.2, 0) is 16.6 Å². The molecular formula is C23H20BrN3O3S2. The predicted molar refractivity (Wildman–Crippen MR) is 131 cm³/mol. The van der Waals surface area contributed by atoms with Crippen LogP contribution in [0.3, 0.4) is 0 Å². The van der Waals surface area contributed by atoms with E-state index < -0.39 is 10.0 Å². The number of nitrogens with zero attached hydrogens (tertiary/aromatic N) is 2. The Labute approximate surface area is 199 Å². The zero-order valence-electron chi connectivity index (χ0n) is 17.2. The zero-order valence-corrected chi connectivity index (χ0v) is 20.4. The third kappa shape index (κ3) is 4.75. The average molecular weight is 530 g/mol. The van der Waals surface area contributed by atoms with Crippen LogP contribution >= 0.6 is 27.3 Å². The number of para-hydroxylation sites is 1. The maximum atomic E-state index is 13.1. The summed E-state index contributed by atoms with van der Waals surface area (Å²) >= 11 is 4.83. The molecule has 0 saturated heterocycles. The van der Waals surface area contributed by atoms with E-state index in [1.165, 1.54) is 39.9 Å². The van der Waals surface area contributed by atoms with Crippen molar-refractivity contribution in [1.29, 1.82) is 0 Å². The van der Waals surface area contributed by atoms with Gasteiger partial charge in [-0.1, -0.05) is 54.7 Å². The first-order chi connectivity index (χ1) is 15.4. The van der Waals surface area contributed by atoms with Crippen LogP contribution in [-0.4, -0.2) is 30.2 Å².